The third-order valence-electron chi connectivity index (χ3n) is 3.53. The molecule has 0 bridgehead atoms. The summed E-state index contributed by atoms with van der Waals surface area (Å²) in [6.45, 7) is 4.57. The summed E-state index contributed by atoms with van der Waals surface area (Å²) in [4.78, 5) is 12.2. The first-order valence-corrected chi connectivity index (χ1v) is 8.07. The summed E-state index contributed by atoms with van der Waals surface area (Å²) >= 11 is 0. The number of anilines is 1. The first kappa shape index (κ1) is 17.7. The summed E-state index contributed by atoms with van der Waals surface area (Å²) in [5.74, 6) is 1.26. The summed E-state index contributed by atoms with van der Waals surface area (Å²) in [7, 11) is 1.59. The minimum absolute atomic E-state index is 0.0831. The fourth-order valence-corrected chi connectivity index (χ4v) is 2.27. The number of carbonyl (C=O) groups is 1. The van der Waals surface area contributed by atoms with Gasteiger partial charge in [0.2, 0.25) is 0 Å². The Balaban J connectivity index is 2.00. The van der Waals surface area contributed by atoms with Gasteiger partial charge in [0.1, 0.15) is 0 Å². The minimum Gasteiger partial charge on any atom is -0.493 e. The summed E-state index contributed by atoms with van der Waals surface area (Å²) < 4.78 is 10.9. The van der Waals surface area contributed by atoms with Gasteiger partial charge in [-0.2, -0.15) is 0 Å². The fourth-order valence-electron chi connectivity index (χ4n) is 2.27. The SMILES string of the molecule is CCCOc1cc(NC(=O)N[C@@H](C)c2ccccc2)ccc1OC. The topological polar surface area (TPSA) is 59.6 Å². The van der Waals surface area contributed by atoms with Crippen LogP contribution in [-0.4, -0.2) is 19.7 Å². The Morgan fingerprint density at radius 1 is 1.12 bits per heavy atom. The molecule has 0 fully saturated rings. The van der Waals surface area contributed by atoms with Crippen molar-refractivity contribution in [1.82, 2.24) is 5.32 Å². The van der Waals surface area contributed by atoms with E-state index in [1.165, 1.54) is 0 Å². The molecule has 1 atom stereocenters. The van der Waals surface area contributed by atoms with Crippen molar-refractivity contribution in [2.24, 2.45) is 0 Å². The van der Waals surface area contributed by atoms with Crippen LogP contribution in [0.5, 0.6) is 11.5 Å². The predicted molar refractivity (Wildman–Crippen MR) is 95.8 cm³/mol. The number of hydrogen-bond donors (Lipinski definition) is 2. The van der Waals surface area contributed by atoms with Crippen LogP contribution in [0.3, 0.4) is 0 Å². The van der Waals surface area contributed by atoms with Crippen LogP contribution in [0.4, 0.5) is 10.5 Å². The Kier molecular flexibility index (Phi) is 6.49. The van der Waals surface area contributed by atoms with Crippen molar-refractivity contribution in [1.29, 1.82) is 0 Å². The summed E-state index contributed by atoms with van der Waals surface area (Å²) in [5, 5.41) is 5.74. The molecule has 0 saturated carbocycles. The molecule has 0 spiro atoms. The number of nitrogens with one attached hydrogen (secondary N) is 2. The average molecular weight is 328 g/mol. The van der Waals surface area contributed by atoms with E-state index in [-0.39, 0.29) is 12.1 Å². The lowest BCUT2D eigenvalue weighted by Gasteiger charge is -2.16. The van der Waals surface area contributed by atoms with Gasteiger partial charge in [0.15, 0.2) is 11.5 Å². The van der Waals surface area contributed by atoms with Gasteiger partial charge in [0.25, 0.3) is 0 Å². The van der Waals surface area contributed by atoms with Crippen molar-refractivity contribution in [3.63, 3.8) is 0 Å². The number of methoxy groups -OCH3 is 1. The van der Waals surface area contributed by atoms with Crippen LogP contribution in [-0.2, 0) is 0 Å². The van der Waals surface area contributed by atoms with E-state index in [2.05, 4.69) is 10.6 Å². The van der Waals surface area contributed by atoms with Gasteiger partial charge in [-0.15, -0.1) is 0 Å². The Labute approximate surface area is 143 Å². The number of amides is 2. The zero-order valence-corrected chi connectivity index (χ0v) is 14.3. The van der Waals surface area contributed by atoms with Gasteiger partial charge < -0.3 is 20.1 Å². The standard InChI is InChI=1S/C19H24N2O3/c1-4-12-24-18-13-16(10-11-17(18)23-3)21-19(22)20-14(2)15-8-6-5-7-9-15/h5-11,13-14H,4,12H2,1-3H3,(H2,20,21,22)/t14-/m0/s1. The molecular weight excluding hydrogens is 304 g/mol. The van der Waals surface area contributed by atoms with Crippen LogP contribution in [0.25, 0.3) is 0 Å². The smallest absolute Gasteiger partial charge is 0.319 e. The molecule has 2 N–H and O–H groups in total. The van der Waals surface area contributed by atoms with E-state index in [1.54, 1.807) is 25.3 Å². The molecule has 0 aliphatic heterocycles. The van der Waals surface area contributed by atoms with Crippen LogP contribution in [0.15, 0.2) is 48.5 Å². The van der Waals surface area contributed by atoms with E-state index in [0.717, 1.165) is 12.0 Å². The molecule has 0 saturated heterocycles. The highest BCUT2D eigenvalue weighted by Crippen LogP contribution is 2.30. The molecule has 5 heteroatoms. The molecule has 0 heterocycles. The van der Waals surface area contributed by atoms with Gasteiger partial charge in [0.05, 0.1) is 19.8 Å². The highest BCUT2D eigenvalue weighted by atomic mass is 16.5. The molecule has 128 valence electrons. The summed E-state index contributed by atoms with van der Waals surface area (Å²) in [5.41, 5.74) is 1.70. The lowest BCUT2D eigenvalue weighted by Crippen LogP contribution is -2.31. The third kappa shape index (κ3) is 4.91. The second kappa shape index (κ2) is 8.82. The zero-order chi connectivity index (χ0) is 17.4. The van der Waals surface area contributed by atoms with Gasteiger partial charge in [-0.05, 0) is 31.0 Å². The third-order valence-corrected chi connectivity index (χ3v) is 3.53. The molecule has 0 radical (unpaired) electrons. The van der Waals surface area contributed by atoms with Gasteiger partial charge >= 0.3 is 6.03 Å². The molecule has 2 rings (SSSR count). The van der Waals surface area contributed by atoms with Crippen molar-refractivity contribution in [3.8, 4) is 11.5 Å². The summed E-state index contributed by atoms with van der Waals surface area (Å²) in [6, 6.07) is 14.8. The van der Waals surface area contributed by atoms with Crippen molar-refractivity contribution in [2.45, 2.75) is 26.3 Å². The van der Waals surface area contributed by atoms with Crippen molar-refractivity contribution in [2.75, 3.05) is 19.0 Å². The highest BCUT2D eigenvalue weighted by Gasteiger charge is 2.11. The normalized spacial score (nSPS) is 11.5. The number of carbonyl (C=O) groups excluding carboxylic acids is 1. The van der Waals surface area contributed by atoms with Crippen molar-refractivity contribution in [3.05, 3.63) is 54.1 Å². The number of urea groups is 1. The first-order chi connectivity index (χ1) is 11.6. The van der Waals surface area contributed by atoms with E-state index in [9.17, 15) is 4.79 Å². The maximum atomic E-state index is 12.2. The van der Waals surface area contributed by atoms with Gasteiger partial charge in [-0.1, -0.05) is 37.3 Å². The monoisotopic (exact) mass is 328 g/mol. The molecule has 0 aromatic heterocycles. The van der Waals surface area contributed by atoms with Gasteiger partial charge in [-0.3, -0.25) is 0 Å². The Morgan fingerprint density at radius 3 is 2.54 bits per heavy atom. The fraction of sp³-hybridized carbons (Fsp3) is 0.316. The van der Waals surface area contributed by atoms with Crippen LogP contribution < -0.4 is 20.1 Å². The number of benzene rings is 2. The molecular formula is C19H24N2O3. The molecule has 2 aromatic rings. The maximum absolute atomic E-state index is 12.2. The quantitative estimate of drug-likeness (QED) is 0.793. The first-order valence-electron chi connectivity index (χ1n) is 8.07. The van der Waals surface area contributed by atoms with Gasteiger partial charge in [-0.25, -0.2) is 4.79 Å². The van der Waals surface area contributed by atoms with Gasteiger partial charge in [0, 0.05) is 11.8 Å². The molecule has 2 aromatic carbocycles. The van der Waals surface area contributed by atoms with Crippen molar-refractivity contribution >= 4 is 11.7 Å². The molecule has 2 amide bonds. The molecule has 0 unspecified atom stereocenters. The lowest BCUT2D eigenvalue weighted by molar-refractivity contribution is 0.249. The Morgan fingerprint density at radius 2 is 1.88 bits per heavy atom. The van der Waals surface area contributed by atoms with E-state index in [1.807, 2.05) is 44.2 Å². The lowest BCUT2D eigenvalue weighted by atomic mass is 10.1. The molecule has 0 aliphatic carbocycles. The van der Waals surface area contributed by atoms with E-state index in [0.29, 0.717) is 23.8 Å². The van der Waals surface area contributed by atoms with Crippen LogP contribution in [0, 0.1) is 0 Å². The Bertz CT molecular complexity index is 659. The average Bonchev–Trinajstić information content (AvgIpc) is 2.60. The van der Waals surface area contributed by atoms with E-state index < -0.39 is 0 Å². The highest BCUT2D eigenvalue weighted by molar-refractivity contribution is 5.89. The van der Waals surface area contributed by atoms with E-state index >= 15 is 0 Å². The maximum Gasteiger partial charge on any atom is 0.319 e. The van der Waals surface area contributed by atoms with Crippen LogP contribution in [0.1, 0.15) is 31.9 Å². The van der Waals surface area contributed by atoms with E-state index in [4.69, 9.17) is 9.47 Å². The van der Waals surface area contributed by atoms with Crippen LogP contribution in [0.2, 0.25) is 0 Å². The second-order valence-electron chi connectivity index (χ2n) is 5.44. The second-order valence-corrected chi connectivity index (χ2v) is 5.44. The van der Waals surface area contributed by atoms with Crippen molar-refractivity contribution < 1.29 is 14.3 Å². The Hall–Kier alpha value is -2.69. The molecule has 0 aliphatic rings. The number of ether oxygens (including phenoxy) is 2. The number of rotatable bonds is 7. The van der Waals surface area contributed by atoms with Crippen LogP contribution >= 0.6 is 0 Å². The molecule has 24 heavy (non-hydrogen) atoms. The zero-order valence-electron chi connectivity index (χ0n) is 14.3. The molecule has 5 nitrogen and oxygen atoms in total. The number of hydrogen-bond acceptors (Lipinski definition) is 3. The largest absolute Gasteiger partial charge is 0.493 e. The minimum atomic E-state index is -0.266. The predicted octanol–water partition coefficient (Wildman–Crippen LogP) is 4.37. The summed E-state index contributed by atoms with van der Waals surface area (Å²) in [6.07, 6.45) is 0.899.